The third kappa shape index (κ3) is 3.05. The summed E-state index contributed by atoms with van der Waals surface area (Å²) in [6.07, 6.45) is 1.87. The van der Waals surface area contributed by atoms with Crippen molar-refractivity contribution in [3.8, 4) is 0 Å². The lowest BCUT2D eigenvalue weighted by Crippen LogP contribution is -2.13. The summed E-state index contributed by atoms with van der Waals surface area (Å²) in [5.41, 5.74) is 6.97. The maximum Gasteiger partial charge on any atom is 0.193 e. The molecule has 0 saturated heterocycles. The quantitative estimate of drug-likeness (QED) is 0.616. The van der Waals surface area contributed by atoms with Crippen LogP contribution in [0, 0.1) is 0 Å². The van der Waals surface area contributed by atoms with Crippen LogP contribution in [0.5, 0.6) is 0 Å². The van der Waals surface area contributed by atoms with Crippen LogP contribution in [0.2, 0.25) is 0 Å². The number of fused-ring (bicyclic) bond motifs is 2. The summed E-state index contributed by atoms with van der Waals surface area (Å²) < 4.78 is 0. The van der Waals surface area contributed by atoms with Crippen molar-refractivity contribution in [2.75, 3.05) is 0 Å². The molecule has 1 aliphatic rings. The van der Waals surface area contributed by atoms with Crippen LogP contribution in [-0.2, 0) is 23.7 Å². The maximum atomic E-state index is 13.0. The van der Waals surface area contributed by atoms with Gasteiger partial charge in [0, 0.05) is 11.1 Å². The van der Waals surface area contributed by atoms with Crippen LogP contribution in [0.25, 0.3) is 0 Å². The fourth-order valence-electron chi connectivity index (χ4n) is 3.39. The van der Waals surface area contributed by atoms with E-state index >= 15 is 0 Å². The highest BCUT2D eigenvalue weighted by Crippen LogP contribution is 2.32. The normalized spacial score (nSPS) is 14.8. The van der Waals surface area contributed by atoms with E-state index in [0.29, 0.717) is 0 Å². The molecule has 2 aromatic rings. The highest BCUT2D eigenvalue weighted by molar-refractivity contribution is 6.11. The number of aryl methyl sites for hydroxylation is 2. The Bertz CT molecular complexity index is 730. The Balaban J connectivity index is 2.07. The first kappa shape index (κ1) is 17.0. The van der Waals surface area contributed by atoms with Crippen molar-refractivity contribution < 1.29 is 4.79 Å². The van der Waals surface area contributed by atoms with E-state index in [4.69, 9.17) is 0 Å². The Kier molecular flexibility index (Phi) is 3.94. The molecule has 0 fully saturated rings. The first-order chi connectivity index (χ1) is 11.1. The van der Waals surface area contributed by atoms with Gasteiger partial charge in [-0.3, -0.25) is 4.79 Å². The minimum absolute atomic E-state index is 0.108. The molecule has 24 heavy (non-hydrogen) atoms. The first-order valence-corrected chi connectivity index (χ1v) is 8.89. The van der Waals surface area contributed by atoms with E-state index in [-0.39, 0.29) is 16.6 Å². The van der Waals surface area contributed by atoms with Gasteiger partial charge in [0.15, 0.2) is 5.78 Å². The van der Waals surface area contributed by atoms with Crippen LogP contribution in [0.1, 0.15) is 79.7 Å². The van der Waals surface area contributed by atoms with E-state index in [0.717, 1.165) is 24.0 Å². The van der Waals surface area contributed by atoms with E-state index in [1.165, 1.54) is 22.3 Å². The highest BCUT2D eigenvalue weighted by Gasteiger charge is 2.25. The van der Waals surface area contributed by atoms with Gasteiger partial charge in [0.05, 0.1) is 0 Å². The van der Waals surface area contributed by atoms with Gasteiger partial charge in [0.2, 0.25) is 0 Å². The second-order valence-corrected chi connectivity index (χ2v) is 9.07. The monoisotopic (exact) mass is 320 g/mol. The van der Waals surface area contributed by atoms with Crippen molar-refractivity contribution in [2.24, 2.45) is 0 Å². The molecule has 1 aliphatic carbocycles. The van der Waals surface area contributed by atoms with Crippen molar-refractivity contribution in [3.63, 3.8) is 0 Å². The van der Waals surface area contributed by atoms with Crippen molar-refractivity contribution in [2.45, 2.75) is 65.2 Å². The largest absolute Gasteiger partial charge is 0.289 e. The van der Waals surface area contributed by atoms with E-state index < -0.39 is 0 Å². The second kappa shape index (κ2) is 5.58. The molecular formula is C23H28O. The molecule has 0 heterocycles. The van der Waals surface area contributed by atoms with Crippen molar-refractivity contribution >= 4 is 5.78 Å². The third-order valence-corrected chi connectivity index (χ3v) is 5.10. The number of rotatable bonds is 0. The minimum atomic E-state index is 0.108. The molecule has 2 aromatic carbocycles. The molecule has 1 heteroatoms. The summed E-state index contributed by atoms with van der Waals surface area (Å²) in [6.45, 7) is 13.3. The molecule has 1 nitrogen and oxygen atoms in total. The topological polar surface area (TPSA) is 17.1 Å². The van der Waals surface area contributed by atoms with E-state index in [1.54, 1.807) is 0 Å². The molecular weight excluding hydrogens is 292 g/mol. The number of benzene rings is 2. The molecule has 0 atom stereocenters. The molecule has 0 spiro atoms. The number of hydrogen-bond acceptors (Lipinski definition) is 1. The number of hydrogen-bond donors (Lipinski definition) is 0. The van der Waals surface area contributed by atoms with Gasteiger partial charge in [-0.2, -0.15) is 0 Å². The first-order valence-electron chi connectivity index (χ1n) is 8.89. The molecule has 0 saturated carbocycles. The van der Waals surface area contributed by atoms with E-state index in [2.05, 4.69) is 65.8 Å². The number of carbonyl (C=O) groups is 1. The van der Waals surface area contributed by atoms with Gasteiger partial charge in [-0.25, -0.2) is 0 Å². The van der Waals surface area contributed by atoms with Gasteiger partial charge in [-0.1, -0.05) is 77.9 Å². The Morgan fingerprint density at radius 2 is 1.04 bits per heavy atom. The zero-order valence-electron chi connectivity index (χ0n) is 15.8. The fraction of sp³-hybridized carbons (Fsp3) is 0.435. The van der Waals surface area contributed by atoms with Gasteiger partial charge in [0.25, 0.3) is 0 Å². The maximum absolute atomic E-state index is 13.0. The lowest BCUT2D eigenvalue weighted by atomic mass is 9.84. The molecule has 0 aliphatic heterocycles. The Morgan fingerprint density at radius 3 is 1.38 bits per heavy atom. The summed E-state index contributed by atoms with van der Waals surface area (Å²) in [5, 5.41) is 0. The van der Waals surface area contributed by atoms with Crippen LogP contribution in [0.15, 0.2) is 36.4 Å². The molecule has 0 aromatic heterocycles. The van der Waals surface area contributed by atoms with Crippen molar-refractivity contribution in [1.82, 2.24) is 0 Å². The van der Waals surface area contributed by atoms with Gasteiger partial charge in [0.1, 0.15) is 0 Å². The molecule has 3 rings (SSSR count). The smallest absolute Gasteiger partial charge is 0.193 e. The predicted molar refractivity (Wildman–Crippen MR) is 101 cm³/mol. The highest BCUT2D eigenvalue weighted by atomic mass is 16.1. The minimum Gasteiger partial charge on any atom is -0.289 e. The lowest BCUT2D eigenvalue weighted by molar-refractivity contribution is 0.103. The molecule has 126 valence electrons. The third-order valence-electron chi connectivity index (χ3n) is 5.10. The van der Waals surface area contributed by atoms with Crippen molar-refractivity contribution in [3.05, 3.63) is 69.8 Å². The van der Waals surface area contributed by atoms with Gasteiger partial charge in [-0.15, -0.1) is 0 Å². The van der Waals surface area contributed by atoms with Gasteiger partial charge < -0.3 is 0 Å². The van der Waals surface area contributed by atoms with Crippen LogP contribution < -0.4 is 0 Å². The Hall–Kier alpha value is -1.89. The molecule has 0 amide bonds. The SMILES string of the molecule is CC(C)(C)c1ccc2c(c1)CCc1cc(C(C)(C)C)ccc1C2=O. The Morgan fingerprint density at radius 1 is 0.667 bits per heavy atom. The molecule has 0 N–H and O–H groups in total. The zero-order valence-corrected chi connectivity index (χ0v) is 15.8. The average molecular weight is 320 g/mol. The molecule has 0 radical (unpaired) electrons. The predicted octanol–water partition coefficient (Wildman–Crippen LogP) is 5.61. The average Bonchev–Trinajstić information content (AvgIpc) is 2.62. The van der Waals surface area contributed by atoms with E-state index in [9.17, 15) is 4.79 Å². The van der Waals surface area contributed by atoms with Crippen LogP contribution in [-0.4, -0.2) is 5.78 Å². The van der Waals surface area contributed by atoms with Crippen molar-refractivity contribution in [1.29, 1.82) is 0 Å². The Labute approximate surface area is 146 Å². The van der Waals surface area contributed by atoms with Gasteiger partial charge >= 0.3 is 0 Å². The summed E-state index contributed by atoms with van der Waals surface area (Å²) in [7, 11) is 0. The lowest BCUT2D eigenvalue weighted by Gasteiger charge is -2.21. The van der Waals surface area contributed by atoms with E-state index in [1.807, 2.05) is 12.1 Å². The summed E-state index contributed by atoms with van der Waals surface area (Å²) in [6, 6.07) is 12.8. The van der Waals surface area contributed by atoms with Crippen LogP contribution in [0.3, 0.4) is 0 Å². The van der Waals surface area contributed by atoms with Crippen LogP contribution in [0.4, 0.5) is 0 Å². The summed E-state index contributed by atoms with van der Waals surface area (Å²) >= 11 is 0. The van der Waals surface area contributed by atoms with Gasteiger partial charge in [-0.05, 0) is 45.9 Å². The number of ketones is 1. The summed E-state index contributed by atoms with van der Waals surface area (Å²) in [5.74, 6) is 0.179. The zero-order chi connectivity index (χ0) is 17.7. The second-order valence-electron chi connectivity index (χ2n) is 9.07. The van der Waals surface area contributed by atoms with Crippen LogP contribution >= 0.6 is 0 Å². The molecule has 0 bridgehead atoms. The summed E-state index contributed by atoms with van der Waals surface area (Å²) in [4.78, 5) is 13.0. The molecule has 0 unspecified atom stereocenters. The number of carbonyl (C=O) groups excluding carboxylic acids is 1. The fourth-order valence-corrected chi connectivity index (χ4v) is 3.39. The standard InChI is InChI=1S/C23H28O/c1-22(2,3)17-9-11-19-15(13-17)7-8-16-14-18(23(4,5)6)10-12-20(16)21(19)24/h9-14H,7-8H2,1-6H3.